The van der Waals surface area contributed by atoms with Gasteiger partial charge in [0.2, 0.25) is 0 Å². The summed E-state index contributed by atoms with van der Waals surface area (Å²) in [6, 6.07) is 0. The van der Waals surface area contributed by atoms with Crippen LogP contribution in [0, 0.1) is 0 Å². The average molecular weight is 275 g/mol. The number of esters is 3. The van der Waals surface area contributed by atoms with Crippen LogP contribution in [0.3, 0.4) is 0 Å². The van der Waals surface area contributed by atoms with Gasteiger partial charge >= 0.3 is 17.9 Å². The second-order valence-electron chi connectivity index (χ2n) is 3.87. The van der Waals surface area contributed by atoms with Crippen molar-refractivity contribution in [2.24, 2.45) is 0 Å². The van der Waals surface area contributed by atoms with Crippen LogP contribution in [0.1, 0.15) is 19.8 Å². The van der Waals surface area contributed by atoms with Crippen LogP contribution in [0.25, 0.3) is 0 Å². The molecule has 0 bridgehead atoms. The smallest absolute Gasteiger partial charge is 0.320 e. The minimum Gasteiger partial charge on any atom is -0.468 e. The number of hydrogen-bond acceptors (Lipinski definition) is 7. The van der Waals surface area contributed by atoms with E-state index in [1.807, 2.05) is 6.92 Å². The molecule has 19 heavy (non-hydrogen) atoms. The Morgan fingerprint density at radius 1 is 0.895 bits per heavy atom. The minimum atomic E-state index is -0.537. The first-order valence-electron chi connectivity index (χ1n) is 6.05. The zero-order chi connectivity index (χ0) is 14.7. The van der Waals surface area contributed by atoms with Gasteiger partial charge in [-0.1, -0.05) is 13.3 Å². The SMILES string of the molecule is CCCCOC(=O)CN(CC(=O)OC)CC(=O)OC. The number of rotatable bonds is 9. The van der Waals surface area contributed by atoms with Gasteiger partial charge in [0.05, 0.1) is 40.5 Å². The molecule has 0 unspecified atom stereocenters. The molecule has 0 aromatic rings. The number of carbonyl (C=O) groups excluding carboxylic acids is 3. The van der Waals surface area contributed by atoms with Crippen LogP contribution in [0.4, 0.5) is 0 Å². The van der Waals surface area contributed by atoms with Gasteiger partial charge in [0, 0.05) is 0 Å². The maximum atomic E-state index is 11.5. The molecule has 0 spiro atoms. The fourth-order valence-electron chi connectivity index (χ4n) is 1.22. The standard InChI is InChI=1S/C12H21NO6/c1-4-5-6-19-12(16)9-13(7-10(14)17-2)8-11(15)18-3/h4-9H2,1-3H3. The van der Waals surface area contributed by atoms with Crippen molar-refractivity contribution in [2.75, 3.05) is 40.5 Å². The van der Waals surface area contributed by atoms with Crippen LogP contribution in [0.2, 0.25) is 0 Å². The molecule has 0 aromatic heterocycles. The van der Waals surface area contributed by atoms with Crippen molar-refractivity contribution in [2.45, 2.75) is 19.8 Å². The van der Waals surface area contributed by atoms with Gasteiger partial charge in [0.25, 0.3) is 0 Å². The highest BCUT2D eigenvalue weighted by Gasteiger charge is 2.19. The van der Waals surface area contributed by atoms with Crippen molar-refractivity contribution in [3.05, 3.63) is 0 Å². The van der Waals surface area contributed by atoms with Crippen molar-refractivity contribution in [3.63, 3.8) is 0 Å². The minimum absolute atomic E-state index is 0.159. The molecule has 0 fully saturated rings. The summed E-state index contributed by atoms with van der Waals surface area (Å²) in [4.78, 5) is 35.1. The molecule has 110 valence electrons. The molecule has 0 saturated heterocycles. The van der Waals surface area contributed by atoms with Crippen LogP contribution in [-0.4, -0.2) is 63.3 Å². The van der Waals surface area contributed by atoms with Gasteiger partial charge in [0.1, 0.15) is 0 Å². The van der Waals surface area contributed by atoms with E-state index in [2.05, 4.69) is 9.47 Å². The Morgan fingerprint density at radius 2 is 1.37 bits per heavy atom. The predicted octanol–water partition coefficient (Wildman–Crippen LogP) is -0.0223. The van der Waals surface area contributed by atoms with Crippen molar-refractivity contribution < 1.29 is 28.6 Å². The molecule has 0 saturated carbocycles. The summed E-state index contributed by atoms with van der Waals surface area (Å²) in [5.41, 5.74) is 0. The zero-order valence-corrected chi connectivity index (χ0v) is 11.6. The lowest BCUT2D eigenvalue weighted by Crippen LogP contribution is -2.39. The average Bonchev–Trinajstić information content (AvgIpc) is 2.38. The van der Waals surface area contributed by atoms with Crippen LogP contribution >= 0.6 is 0 Å². The number of ether oxygens (including phenoxy) is 3. The van der Waals surface area contributed by atoms with Crippen LogP contribution in [0.15, 0.2) is 0 Å². The third-order valence-electron chi connectivity index (χ3n) is 2.27. The third kappa shape index (κ3) is 9.01. The van der Waals surface area contributed by atoms with E-state index in [1.54, 1.807) is 0 Å². The van der Waals surface area contributed by atoms with Crippen molar-refractivity contribution in [1.29, 1.82) is 0 Å². The molecule has 0 aliphatic rings. The lowest BCUT2D eigenvalue weighted by atomic mass is 10.4. The normalized spacial score (nSPS) is 10.1. The van der Waals surface area contributed by atoms with E-state index in [0.29, 0.717) is 6.61 Å². The van der Waals surface area contributed by atoms with E-state index in [0.717, 1.165) is 12.8 Å². The molecular weight excluding hydrogens is 254 g/mol. The highest BCUT2D eigenvalue weighted by atomic mass is 16.5. The number of unbranched alkanes of at least 4 members (excludes halogenated alkanes) is 1. The Labute approximate surface area is 112 Å². The third-order valence-corrected chi connectivity index (χ3v) is 2.27. The molecule has 0 heterocycles. The highest BCUT2D eigenvalue weighted by molar-refractivity contribution is 5.78. The van der Waals surface area contributed by atoms with E-state index in [1.165, 1.54) is 19.1 Å². The zero-order valence-electron chi connectivity index (χ0n) is 11.6. The summed E-state index contributed by atoms with van der Waals surface area (Å²) in [5.74, 6) is -1.56. The van der Waals surface area contributed by atoms with E-state index in [9.17, 15) is 14.4 Å². The summed E-state index contributed by atoms with van der Waals surface area (Å²) >= 11 is 0. The second-order valence-corrected chi connectivity index (χ2v) is 3.87. The lowest BCUT2D eigenvalue weighted by Gasteiger charge is -2.18. The lowest BCUT2D eigenvalue weighted by molar-refractivity contribution is -0.150. The second kappa shape index (κ2) is 10.3. The maximum absolute atomic E-state index is 11.5. The summed E-state index contributed by atoms with van der Waals surface area (Å²) in [6.07, 6.45) is 1.70. The van der Waals surface area contributed by atoms with E-state index < -0.39 is 17.9 Å². The highest BCUT2D eigenvalue weighted by Crippen LogP contribution is 1.95. The van der Waals surface area contributed by atoms with Crippen LogP contribution in [0.5, 0.6) is 0 Å². The Hall–Kier alpha value is -1.63. The fraction of sp³-hybridized carbons (Fsp3) is 0.750. The number of nitrogens with zero attached hydrogens (tertiary/aromatic N) is 1. The predicted molar refractivity (Wildman–Crippen MR) is 66.3 cm³/mol. The summed E-state index contributed by atoms with van der Waals surface area (Å²) in [5, 5.41) is 0. The largest absolute Gasteiger partial charge is 0.468 e. The Morgan fingerprint density at radius 3 is 1.79 bits per heavy atom. The molecule has 7 heteroatoms. The quantitative estimate of drug-likeness (QED) is 0.332. The Bertz CT molecular complexity index is 287. The van der Waals surface area contributed by atoms with Crippen LogP contribution in [-0.2, 0) is 28.6 Å². The van der Waals surface area contributed by atoms with Crippen molar-refractivity contribution in [3.8, 4) is 0 Å². The summed E-state index contributed by atoms with van der Waals surface area (Å²) in [6.45, 7) is 1.81. The first kappa shape index (κ1) is 17.4. The van der Waals surface area contributed by atoms with Crippen LogP contribution < -0.4 is 0 Å². The molecule has 0 N–H and O–H groups in total. The number of hydrogen-bond donors (Lipinski definition) is 0. The van der Waals surface area contributed by atoms with Gasteiger partial charge in [-0.2, -0.15) is 0 Å². The molecular formula is C12H21NO6. The Kier molecular flexibility index (Phi) is 9.42. The molecule has 0 aromatic carbocycles. The molecule has 0 radical (unpaired) electrons. The summed E-state index contributed by atoms with van der Waals surface area (Å²) in [7, 11) is 2.47. The molecule has 0 atom stereocenters. The Balaban J connectivity index is 4.27. The van der Waals surface area contributed by atoms with Gasteiger partial charge in [-0.3, -0.25) is 19.3 Å². The first-order chi connectivity index (χ1) is 9.03. The number of methoxy groups -OCH3 is 2. The van der Waals surface area contributed by atoms with Gasteiger partial charge in [-0.25, -0.2) is 0 Å². The van der Waals surface area contributed by atoms with E-state index >= 15 is 0 Å². The molecule has 0 aliphatic heterocycles. The summed E-state index contributed by atoms with van der Waals surface area (Å²) < 4.78 is 13.9. The van der Waals surface area contributed by atoms with Crippen molar-refractivity contribution >= 4 is 17.9 Å². The first-order valence-corrected chi connectivity index (χ1v) is 6.05. The monoisotopic (exact) mass is 275 g/mol. The van der Waals surface area contributed by atoms with Gasteiger partial charge in [-0.05, 0) is 6.42 Å². The number of carbonyl (C=O) groups is 3. The molecule has 0 amide bonds. The van der Waals surface area contributed by atoms with Gasteiger partial charge in [0.15, 0.2) is 0 Å². The molecule has 0 rings (SSSR count). The maximum Gasteiger partial charge on any atom is 0.320 e. The topological polar surface area (TPSA) is 82.1 Å². The van der Waals surface area contributed by atoms with E-state index in [4.69, 9.17) is 4.74 Å². The van der Waals surface area contributed by atoms with E-state index in [-0.39, 0.29) is 19.6 Å². The molecule has 7 nitrogen and oxygen atoms in total. The van der Waals surface area contributed by atoms with Gasteiger partial charge in [-0.15, -0.1) is 0 Å². The van der Waals surface area contributed by atoms with Gasteiger partial charge < -0.3 is 14.2 Å². The fourth-order valence-corrected chi connectivity index (χ4v) is 1.22. The van der Waals surface area contributed by atoms with Crippen molar-refractivity contribution in [1.82, 2.24) is 4.90 Å². The molecule has 0 aliphatic carbocycles.